The van der Waals surface area contributed by atoms with Crippen LogP contribution in [0.15, 0.2) is 66.7 Å². The van der Waals surface area contributed by atoms with Crippen molar-refractivity contribution in [3.05, 3.63) is 94.0 Å². The number of halogens is 1. The average Bonchev–Trinajstić information content (AvgIpc) is 2.81. The van der Waals surface area contributed by atoms with Crippen LogP contribution < -0.4 is 14.4 Å². The Morgan fingerprint density at radius 1 is 1.06 bits per heavy atom. The van der Waals surface area contributed by atoms with Gasteiger partial charge in [0.05, 0.1) is 31.6 Å². The minimum absolute atomic E-state index is 0.158. The molecule has 0 aromatic heterocycles. The number of anilines is 1. The van der Waals surface area contributed by atoms with Gasteiger partial charge in [0.2, 0.25) is 10.0 Å². The van der Waals surface area contributed by atoms with Gasteiger partial charge in [0.25, 0.3) is 5.91 Å². The molecular weight excluding hydrogens is 472 g/mol. The molecule has 34 heavy (non-hydrogen) atoms. The summed E-state index contributed by atoms with van der Waals surface area (Å²) in [6.45, 7) is 4.14. The first kappa shape index (κ1) is 25.6. The van der Waals surface area contributed by atoms with E-state index in [0.29, 0.717) is 16.3 Å². The molecule has 3 aromatic rings. The molecular formula is C26H29ClN2O4S. The van der Waals surface area contributed by atoms with E-state index in [1.54, 1.807) is 55.6 Å². The van der Waals surface area contributed by atoms with E-state index in [1.807, 2.05) is 32.0 Å². The van der Waals surface area contributed by atoms with Crippen molar-refractivity contribution in [2.75, 3.05) is 17.7 Å². The molecule has 6 nitrogen and oxygen atoms in total. The van der Waals surface area contributed by atoms with E-state index in [9.17, 15) is 13.2 Å². The van der Waals surface area contributed by atoms with E-state index in [2.05, 4.69) is 5.32 Å². The van der Waals surface area contributed by atoms with Gasteiger partial charge in [0.1, 0.15) is 5.75 Å². The van der Waals surface area contributed by atoms with Gasteiger partial charge in [-0.2, -0.15) is 0 Å². The van der Waals surface area contributed by atoms with Gasteiger partial charge in [-0.1, -0.05) is 42.8 Å². The lowest BCUT2D eigenvalue weighted by atomic mass is 10.0. The van der Waals surface area contributed by atoms with Crippen molar-refractivity contribution in [1.82, 2.24) is 5.32 Å². The van der Waals surface area contributed by atoms with Crippen LogP contribution in [0.5, 0.6) is 5.75 Å². The molecule has 0 spiro atoms. The van der Waals surface area contributed by atoms with Gasteiger partial charge >= 0.3 is 0 Å². The smallest absolute Gasteiger partial charge is 0.251 e. The Balaban J connectivity index is 1.77. The minimum Gasteiger partial charge on any atom is -0.496 e. The van der Waals surface area contributed by atoms with Crippen molar-refractivity contribution < 1.29 is 17.9 Å². The molecule has 180 valence electrons. The lowest BCUT2D eigenvalue weighted by Gasteiger charge is -2.23. The molecule has 1 atom stereocenters. The zero-order chi connectivity index (χ0) is 24.9. The Bertz CT molecular complexity index is 1240. The standard InChI is InChI=1S/C26H29ClN2O4S/c1-5-24(21-10-15-25(33-3)18(2)16-21)28-26(30)20-8-13-23(14-9-20)29(34(4,31)32)17-19-6-11-22(27)12-7-19/h6-16,24H,5,17H2,1-4H3,(H,28,30)/t24-/m0/s1. The summed E-state index contributed by atoms with van der Waals surface area (Å²) in [5.74, 6) is 0.574. The average molecular weight is 501 g/mol. The highest BCUT2D eigenvalue weighted by Gasteiger charge is 2.20. The Morgan fingerprint density at radius 2 is 1.71 bits per heavy atom. The highest BCUT2D eigenvalue weighted by molar-refractivity contribution is 7.92. The van der Waals surface area contributed by atoms with Crippen molar-refractivity contribution in [2.45, 2.75) is 32.9 Å². The molecule has 3 rings (SSSR count). The Morgan fingerprint density at radius 3 is 2.24 bits per heavy atom. The molecule has 0 aliphatic heterocycles. The molecule has 0 unspecified atom stereocenters. The normalized spacial score (nSPS) is 12.1. The van der Waals surface area contributed by atoms with Crippen LogP contribution in [0, 0.1) is 6.92 Å². The maximum atomic E-state index is 12.9. The van der Waals surface area contributed by atoms with Crippen LogP contribution in [0.2, 0.25) is 5.02 Å². The first-order valence-electron chi connectivity index (χ1n) is 10.9. The largest absolute Gasteiger partial charge is 0.496 e. The van der Waals surface area contributed by atoms with Gasteiger partial charge in [-0.05, 0) is 72.5 Å². The lowest BCUT2D eigenvalue weighted by Crippen LogP contribution is -2.30. The van der Waals surface area contributed by atoms with Crippen LogP contribution in [0.4, 0.5) is 5.69 Å². The minimum atomic E-state index is -3.54. The molecule has 0 fully saturated rings. The summed E-state index contributed by atoms with van der Waals surface area (Å²) in [5.41, 5.74) is 3.73. The van der Waals surface area contributed by atoms with E-state index in [1.165, 1.54) is 4.31 Å². The summed E-state index contributed by atoms with van der Waals surface area (Å²) in [6, 6.07) is 19.3. The number of carbonyl (C=O) groups excluding carboxylic acids is 1. The molecule has 0 aliphatic carbocycles. The predicted molar refractivity (Wildman–Crippen MR) is 137 cm³/mol. The zero-order valence-electron chi connectivity index (χ0n) is 19.7. The van der Waals surface area contributed by atoms with E-state index in [4.69, 9.17) is 16.3 Å². The third-order valence-electron chi connectivity index (χ3n) is 5.59. The summed E-state index contributed by atoms with van der Waals surface area (Å²) in [6.07, 6.45) is 1.88. The summed E-state index contributed by atoms with van der Waals surface area (Å²) < 4.78 is 31.5. The number of benzene rings is 3. The first-order valence-corrected chi connectivity index (χ1v) is 13.1. The fourth-order valence-electron chi connectivity index (χ4n) is 3.72. The molecule has 0 radical (unpaired) electrons. The molecule has 0 aliphatic rings. The zero-order valence-corrected chi connectivity index (χ0v) is 21.3. The van der Waals surface area contributed by atoms with Gasteiger partial charge in [-0.3, -0.25) is 9.10 Å². The quantitative estimate of drug-likeness (QED) is 0.420. The van der Waals surface area contributed by atoms with Gasteiger partial charge in [0, 0.05) is 10.6 Å². The van der Waals surface area contributed by atoms with Crippen molar-refractivity contribution in [3.63, 3.8) is 0 Å². The van der Waals surface area contributed by atoms with Crippen LogP contribution in [0.25, 0.3) is 0 Å². The fourth-order valence-corrected chi connectivity index (χ4v) is 4.73. The first-order chi connectivity index (χ1) is 16.1. The Labute approximate surface area is 206 Å². The molecule has 1 amide bonds. The second-order valence-electron chi connectivity index (χ2n) is 8.11. The summed E-state index contributed by atoms with van der Waals surface area (Å²) in [5, 5.41) is 3.65. The summed E-state index contributed by atoms with van der Waals surface area (Å²) in [7, 11) is -1.91. The Hall–Kier alpha value is -3.03. The molecule has 0 heterocycles. The van der Waals surface area contributed by atoms with Crippen LogP contribution in [-0.4, -0.2) is 27.7 Å². The number of hydrogen-bond acceptors (Lipinski definition) is 4. The van der Waals surface area contributed by atoms with Crippen LogP contribution in [-0.2, 0) is 16.6 Å². The third kappa shape index (κ3) is 6.30. The predicted octanol–water partition coefficient (Wildman–Crippen LogP) is 5.50. The van der Waals surface area contributed by atoms with Crippen LogP contribution in [0.1, 0.15) is 46.4 Å². The van der Waals surface area contributed by atoms with Crippen LogP contribution >= 0.6 is 11.6 Å². The summed E-state index contributed by atoms with van der Waals surface area (Å²) >= 11 is 5.93. The molecule has 8 heteroatoms. The monoisotopic (exact) mass is 500 g/mol. The number of carbonyl (C=O) groups is 1. The highest BCUT2D eigenvalue weighted by Crippen LogP contribution is 2.26. The fraction of sp³-hybridized carbons (Fsp3) is 0.269. The highest BCUT2D eigenvalue weighted by atomic mass is 35.5. The number of amides is 1. The molecule has 3 aromatic carbocycles. The topological polar surface area (TPSA) is 75.7 Å². The summed E-state index contributed by atoms with van der Waals surface area (Å²) in [4.78, 5) is 12.9. The van der Waals surface area contributed by atoms with Crippen LogP contribution in [0.3, 0.4) is 0 Å². The van der Waals surface area contributed by atoms with E-state index in [0.717, 1.165) is 35.1 Å². The lowest BCUT2D eigenvalue weighted by molar-refractivity contribution is 0.0935. The molecule has 0 saturated heterocycles. The number of ether oxygens (including phenoxy) is 1. The number of aryl methyl sites for hydroxylation is 1. The maximum absolute atomic E-state index is 12.9. The van der Waals surface area contributed by atoms with E-state index < -0.39 is 10.0 Å². The van der Waals surface area contributed by atoms with Crippen molar-refractivity contribution in [3.8, 4) is 5.75 Å². The van der Waals surface area contributed by atoms with Crippen molar-refractivity contribution in [1.29, 1.82) is 0 Å². The number of rotatable bonds is 9. The van der Waals surface area contributed by atoms with E-state index >= 15 is 0 Å². The Kier molecular flexibility index (Phi) is 8.23. The van der Waals surface area contributed by atoms with Gasteiger partial charge in [0.15, 0.2) is 0 Å². The van der Waals surface area contributed by atoms with E-state index in [-0.39, 0.29) is 18.5 Å². The van der Waals surface area contributed by atoms with Gasteiger partial charge in [-0.25, -0.2) is 8.42 Å². The second-order valence-corrected chi connectivity index (χ2v) is 10.4. The van der Waals surface area contributed by atoms with Gasteiger partial charge in [-0.15, -0.1) is 0 Å². The van der Waals surface area contributed by atoms with Gasteiger partial charge < -0.3 is 10.1 Å². The SMILES string of the molecule is CC[C@H](NC(=O)c1ccc(N(Cc2ccc(Cl)cc2)S(C)(=O)=O)cc1)c1ccc(OC)c(C)c1. The van der Waals surface area contributed by atoms with Crippen molar-refractivity contribution >= 4 is 33.2 Å². The number of sulfonamides is 1. The second kappa shape index (κ2) is 10.9. The number of nitrogens with one attached hydrogen (secondary N) is 1. The number of methoxy groups -OCH3 is 1. The number of nitrogens with zero attached hydrogens (tertiary/aromatic N) is 1. The number of hydrogen-bond donors (Lipinski definition) is 1. The molecule has 0 bridgehead atoms. The maximum Gasteiger partial charge on any atom is 0.251 e. The molecule has 1 N–H and O–H groups in total. The van der Waals surface area contributed by atoms with Crippen molar-refractivity contribution in [2.24, 2.45) is 0 Å². The molecule has 0 saturated carbocycles. The third-order valence-corrected chi connectivity index (χ3v) is 6.98.